The molecule has 0 atom stereocenters. The molecule has 7 heteroatoms. The smallest absolute Gasteiger partial charge is 0.278 e. The third kappa shape index (κ3) is 2.90. The molecule has 0 fully saturated rings. The van der Waals surface area contributed by atoms with E-state index in [4.69, 9.17) is 21.1 Å². The molecule has 1 heterocycles. The maximum atomic E-state index is 11.8. The lowest BCUT2D eigenvalue weighted by Crippen LogP contribution is -2.25. The van der Waals surface area contributed by atoms with Gasteiger partial charge in [-0.1, -0.05) is 0 Å². The molecular formula is C14H13ClN2O4. The summed E-state index contributed by atoms with van der Waals surface area (Å²) in [5.41, 5.74) is 0.335. The van der Waals surface area contributed by atoms with E-state index >= 15 is 0 Å². The van der Waals surface area contributed by atoms with E-state index in [1.165, 1.54) is 20.2 Å². The summed E-state index contributed by atoms with van der Waals surface area (Å²) in [6, 6.07) is 6.49. The Labute approximate surface area is 125 Å². The molecule has 2 aromatic rings. The lowest BCUT2D eigenvalue weighted by Gasteiger charge is -2.11. The number of hydrogen-bond acceptors (Lipinski definition) is 5. The zero-order valence-electron chi connectivity index (χ0n) is 11.7. The molecule has 0 N–H and O–H groups in total. The van der Waals surface area contributed by atoms with Crippen LogP contribution in [0.5, 0.6) is 11.5 Å². The number of halogens is 1. The van der Waals surface area contributed by atoms with Crippen LogP contribution in [0.25, 0.3) is 11.3 Å². The van der Waals surface area contributed by atoms with Crippen molar-refractivity contribution in [3.05, 3.63) is 40.2 Å². The summed E-state index contributed by atoms with van der Waals surface area (Å²) in [5, 5.41) is 3.30. The normalized spacial score (nSPS) is 10.3. The molecule has 0 unspecified atom stereocenters. The van der Waals surface area contributed by atoms with E-state index in [0.29, 0.717) is 22.8 Å². The van der Waals surface area contributed by atoms with E-state index in [1.54, 1.807) is 25.3 Å². The minimum absolute atomic E-state index is 0.137. The van der Waals surface area contributed by atoms with Crippen LogP contribution >= 0.6 is 11.6 Å². The molecule has 1 aromatic heterocycles. The minimum atomic E-state index is -0.827. The predicted octanol–water partition coefficient (Wildman–Crippen LogP) is 1.84. The molecule has 0 aliphatic rings. The Morgan fingerprint density at radius 2 is 1.95 bits per heavy atom. The van der Waals surface area contributed by atoms with Gasteiger partial charge in [-0.25, -0.2) is 4.68 Å². The largest absolute Gasteiger partial charge is 0.497 e. The van der Waals surface area contributed by atoms with Crippen LogP contribution in [0, 0.1) is 0 Å². The number of benzene rings is 1. The number of carbonyl (C=O) groups excluding carboxylic acids is 1. The first-order chi connectivity index (χ1) is 9.97. The van der Waals surface area contributed by atoms with Gasteiger partial charge in [-0.05, 0) is 29.8 Å². The van der Waals surface area contributed by atoms with Crippen molar-refractivity contribution < 1.29 is 14.3 Å². The quantitative estimate of drug-likeness (QED) is 0.806. The zero-order chi connectivity index (χ0) is 15.6. The highest BCUT2D eigenvalue weighted by Crippen LogP contribution is 2.32. The Morgan fingerprint density at radius 3 is 2.52 bits per heavy atom. The number of aromatic nitrogens is 2. The monoisotopic (exact) mass is 308 g/mol. The first-order valence-electron chi connectivity index (χ1n) is 5.98. The molecule has 0 spiro atoms. The predicted molar refractivity (Wildman–Crippen MR) is 78.2 cm³/mol. The summed E-state index contributed by atoms with van der Waals surface area (Å²) in [6.07, 6.45) is 0. The lowest BCUT2D eigenvalue weighted by atomic mass is 10.1. The van der Waals surface area contributed by atoms with Crippen molar-refractivity contribution in [2.24, 2.45) is 7.05 Å². The minimum Gasteiger partial charge on any atom is -0.497 e. The fraction of sp³-hybridized carbons (Fsp3) is 0.214. The maximum Gasteiger partial charge on any atom is 0.278 e. The van der Waals surface area contributed by atoms with Crippen LogP contribution in [0.15, 0.2) is 29.1 Å². The molecule has 0 saturated carbocycles. The van der Waals surface area contributed by atoms with E-state index in [-0.39, 0.29) is 5.56 Å². The topological polar surface area (TPSA) is 70.4 Å². The molecular weight excluding hydrogens is 296 g/mol. The second kappa shape index (κ2) is 5.97. The molecule has 0 saturated heterocycles. The van der Waals surface area contributed by atoms with Gasteiger partial charge in [0.1, 0.15) is 17.1 Å². The van der Waals surface area contributed by atoms with Gasteiger partial charge in [0.25, 0.3) is 10.8 Å². The molecule has 1 aromatic carbocycles. The van der Waals surface area contributed by atoms with E-state index in [1.807, 2.05) is 0 Å². The molecule has 0 aliphatic heterocycles. The number of aryl methyl sites for hydroxylation is 1. The van der Waals surface area contributed by atoms with Gasteiger partial charge in [-0.2, -0.15) is 5.10 Å². The third-order valence-corrected chi connectivity index (χ3v) is 3.16. The Morgan fingerprint density at radius 1 is 1.24 bits per heavy atom. The summed E-state index contributed by atoms with van der Waals surface area (Å²) >= 11 is 5.43. The van der Waals surface area contributed by atoms with Crippen molar-refractivity contribution in [2.75, 3.05) is 14.2 Å². The number of methoxy groups -OCH3 is 2. The van der Waals surface area contributed by atoms with E-state index in [2.05, 4.69) is 5.10 Å². The second-order valence-electron chi connectivity index (χ2n) is 4.21. The van der Waals surface area contributed by atoms with Gasteiger partial charge in [-0.3, -0.25) is 9.59 Å². The number of hydrogen-bond donors (Lipinski definition) is 0. The van der Waals surface area contributed by atoms with Crippen molar-refractivity contribution in [3.63, 3.8) is 0 Å². The molecule has 2 rings (SSSR count). The van der Waals surface area contributed by atoms with Gasteiger partial charge >= 0.3 is 0 Å². The molecule has 110 valence electrons. The summed E-state index contributed by atoms with van der Waals surface area (Å²) in [6.45, 7) is 0. The van der Waals surface area contributed by atoms with Gasteiger partial charge in [0.15, 0.2) is 0 Å². The second-order valence-corrected chi connectivity index (χ2v) is 4.56. The first-order valence-corrected chi connectivity index (χ1v) is 6.36. The Kier molecular flexibility index (Phi) is 4.28. The SMILES string of the molecule is COc1ccc(-c2cc(C(=O)Cl)c(=O)n(C)n2)c(OC)c1. The molecule has 0 aliphatic carbocycles. The third-order valence-electron chi connectivity index (χ3n) is 2.96. The summed E-state index contributed by atoms with van der Waals surface area (Å²) in [5.74, 6) is 1.13. The van der Waals surface area contributed by atoms with Gasteiger partial charge in [0, 0.05) is 18.7 Å². The fourth-order valence-electron chi connectivity index (χ4n) is 1.89. The molecule has 0 amide bonds. The van der Waals surface area contributed by atoms with Crippen LogP contribution in [0.3, 0.4) is 0 Å². The van der Waals surface area contributed by atoms with Gasteiger partial charge in [0.05, 0.1) is 19.9 Å². The van der Waals surface area contributed by atoms with Crippen molar-refractivity contribution in [3.8, 4) is 22.8 Å². The molecule has 6 nitrogen and oxygen atoms in total. The number of nitrogens with zero attached hydrogens (tertiary/aromatic N) is 2. The summed E-state index contributed by atoms with van der Waals surface area (Å²) < 4.78 is 11.5. The molecule has 21 heavy (non-hydrogen) atoms. The highest BCUT2D eigenvalue weighted by atomic mass is 35.5. The summed E-state index contributed by atoms with van der Waals surface area (Å²) in [4.78, 5) is 23.1. The van der Waals surface area contributed by atoms with Gasteiger partial charge < -0.3 is 9.47 Å². The maximum absolute atomic E-state index is 11.8. The lowest BCUT2D eigenvalue weighted by molar-refractivity contribution is 0.107. The zero-order valence-corrected chi connectivity index (χ0v) is 12.5. The summed E-state index contributed by atoms with van der Waals surface area (Å²) in [7, 11) is 4.50. The van der Waals surface area contributed by atoms with E-state index < -0.39 is 10.8 Å². The van der Waals surface area contributed by atoms with Gasteiger partial charge in [-0.15, -0.1) is 0 Å². The van der Waals surface area contributed by atoms with Crippen molar-refractivity contribution >= 4 is 16.8 Å². The Bertz CT molecular complexity index is 755. The van der Waals surface area contributed by atoms with Crippen LogP contribution in [0.1, 0.15) is 10.4 Å². The first kappa shape index (κ1) is 15.1. The van der Waals surface area contributed by atoms with Crippen molar-refractivity contribution in [2.45, 2.75) is 0 Å². The average Bonchev–Trinajstić information content (AvgIpc) is 2.48. The number of carbonyl (C=O) groups is 1. The number of ether oxygens (including phenoxy) is 2. The van der Waals surface area contributed by atoms with Crippen LogP contribution in [0.4, 0.5) is 0 Å². The van der Waals surface area contributed by atoms with Crippen LogP contribution in [-0.4, -0.2) is 29.2 Å². The van der Waals surface area contributed by atoms with Crippen molar-refractivity contribution in [1.29, 1.82) is 0 Å². The number of rotatable bonds is 4. The van der Waals surface area contributed by atoms with Gasteiger partial charge in [0.2, 0.25) is 0 Å². The standard InChI is InChI=1S/C14H13ClN2O4/c1-17-14(19)10(13(15)18)7-11(16-17)9-5-4-8(20-2)6-12(9)21-3/h4-7H,1-3H3. The van der Waals surface area contributed by atoms with Crippen LogP contribution in [0.2, 0.25) is 0 Å². The average molecular weight is 309 g/mol. The molecule has 0 bridgehead atoms. The highest BCUT2D eigenvalue weighted by Gasteiger charge is 2.16. The highest BCUT2D eigenvalue weighted by molar-refractivity contribution is 6.67. The van der Waals surface area contributed by atoms with E-state index in [9.17, 15) is 9.59 Å². The fourth-order valence-corrected chi connectivity index (χ4v) is 2.03. The Hall–Kier alpha value is -2.34. The molecule has 0 radical (unpaired) electrons. The van der Waals surface area contributed by atoms with E-state index in [0.717, 1.165) is 4.68 Å². The van der Waals surface area contributed by atoms with Crippen LogP contribution < -0.4 is 15.0 Å². The van der Waals surface area contributed by atoms with Crippen LogP contribution in [-0.2, 0) is 7.05 Å². The van der Waals surface area contributed by atoms with Crippen molar-refractivity contribution in [1.82, 2.24) is 9.78 Å². The Balaban J connectivity index is 2.67.